The Bertz CT molecular complexity index is 732. The van der Waals surface area contributed by atoms with Gasteiger partial charge in [0, 0.05) is 24.4 Å². The van der Waals surface area contributed by atoms with E-state index in [9.17, 15) is 9.59 Å². The first kappa shape index (κ1) is 10.7. The number of para-hydroxylation sites is 1. The van der Waals surface area contributed by atoms with Crippen LogP contribution < -0.4 is 0 Å². The molecule has 1 saturated carbocycles. The van der Waals surface area contributed by atoms with Crippen molar-refractivity contribution >= 4 is 22.8 Å². The molecule has 0 radical (unpaired) electrons. The van der Waals surface area contributed by atoms with Gasteiger partial charge < -0.3 is 9.67 Å². The Kier molecular flexibility index (Phi) is 1.94. The van der Waals surface area contributed by atoms with Crippen LogP contribution >= 0.6 is 0 Å². The molecule has 2 aliphatic rings. The summed E-state index contributed by atoms with van der Waals surface area (Å²) in [5.74, 6) is -0.0745. The highest BCUT2D eigenvalue weighted by Gasteiger charge is 2.47. The van der Waals surface area contributed by atoms with Gasteiger partial charge in [-0.2, -0.15) is 0 Å². The molecular weight excluding hydrogens is 244 g/mol. The number of rotatable bonds is 2. The molecule has 2 unspecified atom stereocenters. The molecule has 2 aromatic rings. The minimum absolute atomic E-state index is 0.00551. The summed E-state index contributed by atoms with van der Waals surface area (Å²) in [5, 5.41) is 9.04. The van der Waals surface area contributed by atoms with Crippen LogP contribution in [0.3, 0.4) is 0 Å². The van der Waals surface area contributed by atoms with Crippen LogP contribution in [-0.4, -0.2) is 26.4 Å². The number of carbonyl (C=O) groups is 2. The van der Waals surface area contributed by atoms with Crippen molar-refractivity contribution < 1.29 is 14.7 Å². The van der Waals surface area contributed by atoms with Crippen molar-refractivity contribution in [1.29, 1.82) is 0 Å². The van der Waals surface area contributed by atoms with Crippen LogP contribution in [0.1, 0.15) is 34.9 Å². The predicted octanol–water partition coefficient (Wildman–Crippen LogP) is 1.81. The average molecular weight is 256 g/mol. The summed E-state index contributed by atoms with van der Waals surface area (Å²) in [7, 11) is 0. The molecule has 0 saturated heterocycles. The van der Waals surface area contributed by atoms with E-state index in [0.29, 0.717) is 19.4 Å². The fourth-order valence-electron chi connectivity index (χ4n) is 3.04. The van der Waals surface area contributed by atoms with E-state index < -0.39 is 5.97 Å². The molecule has 0 spiro atoms. The molecule has 4 rings (SSSR count). The maximum Gasteiger partial charge on any atom is 0.307 e. The second kappa shape index (κ2) is 3.44. The standard InChI is InChI=1S/C14H12N2O3/c17-11-4-5-16-12-7(11)2-1-3-10(12)15-13(16)8-6-9(8)14(18)19/h1-3,8-9H,4-6H2,(H,18,19). The highest BCUT2D eigenvalue weighted by Crippen LogP contribution is 2.48. The van der Waals surface area contributed by atoms with Crippen molar-refractivity contribution in [2.45, 2.75) is 25.3 Å². The van der Waals surface area contributed by atoms with Crippen LogP contribution in [0.5, 0.6) is 0 Å². The monoisotopic (exact) mass is 256 g/mol. The Morgan fingerprint density at radius 3 is 3.00 bits per heavy atom. The number of nitrogens with zero attached hydrogens (tertiary/aromatic N) is 2. The maximum absolute atomic E-state index is 11.9. The lowest BCUT2D eigenvalue weighted by molar-refractivity contribution is -0.138. The summed E-state index contributed by atoms with van der Waals surface area (Å²) in [4.78, 5) is 27.5. The van der Waals surface area contributed by atoms with E-state index in [1.165, 1.54) is 0 Å². The Labute approximate surface area is 108 Å². The van der Waals surface area contributed by atoms with E-state index in [-0.39, 0.29) is 17.6 Å². The molecule has 2 heterocycles. The van der Waals surface area contributed by atoms with Crippen molar-refractivity contribution in [2.24, 2.45) is 5.92 Å². The molecule has 96 valence electrons. The zero-order chi connectivity index (χ0) is 13.1. The third-order valence-electron chi connectivity index (χ3n) is 4.10. The van der Waals surface area contributed by atoms with Gasteiger partial charge in [0.15, 0.2) is 5.78 Å². The zero-order valence-electron chi connectivity index (χ0n) is 10.2. The van der Waals surface area contributed by atoms with Gasteiger partial charge in [-0.05, 0) is 18.6 Å². The van der Waals surface area contributed by atoms with Crippen molar-refractivity contribution in [3.63, 3.8) is 0 Å². The van der Waals surface area contributed by atoms with Crippen LogP contribution in [0.15, 0.2) is 18.2 Å². The van der Waals surface area contributed by atoms with Crippen LogP contribution in [-0.2, 0) is 11.3 Å². The predicted molar refractivity (Wildman–Crippen MR) is 67.2 cm³/mol. The number of benzene rings is 1. The van der Waals surface area contributed by atoms with Gasteiger partial charge in [-0.15, -0.1) is 0 Å². The number of imidazole rings is 1. The fourth-order valence-corrected chi connectivity index (χ4v) is 3.04. The van der Waals surface area contributed by atoms with Crippen LogP contribution in [0.25, 0.3) is 11.0 Å². The number of hydrogen-bond donors (Lipinski definition) is 1. The summed E-state index contributed by atoms with van der Waals surface area (Å²) in [5.41, 5.74) is 2.40. The molecule has 5 heteroatoms. The molecule has 1 N–H and O–H groups in total. The highest BCUT2D eigenvalue weighted by atomic mass is 16.4. The quantitative estimate of drug-likeness (QED) is 0.889. The third-order valence-corrected chi connectivity index (χ3v) is 4.10. The molecule has 1 aromatic heterocycles. The number of aryl methyl sites for hydroxylation is 1. The molecule has 1 aliphatic heterocycles. The lowest BCUT2D eigenvalue weighted by atomic mass is 10.0. The SMILES string of the molecule is O=C1CCn2c(C3CC3C(=O)O)nc3cccc1c32. The molecule has 1 fully saturated rings. The number of carboxylic acids is 1. The topological polar surface area (TPSA) is 72.2 Å². The first-order valence-electron chi connectivity index (χ1n) is 6.42. The number of carboxylic acid groups (broad SMARTS) is 1. The largest absolute Gasteiger partial charge is 0.481 e. The highest BCUT2D eigenvalue weighted by molar-refractivity contribution is 6.07. The molecule has 2 atom stereocenters. The number of aliphatic carboxylic acids is 1. The number of aromatic nitrogens is 2. The second-order valence-electron chi connectivity index (χ2n) is 5.26. The number of carbonyl (C=O) groups excluding carboxylic acids is 1. The number of hydrogen-bond acceptors (Lipinski definition) is 3. The Morgan fingerprint density at radius 1 is 1.42 bits per heavy atom. The van der Waals surface area contributed by atoms with Gasteiger partial charge in [0.1, 0.15) is 5.82 Å². The van der Waals surface area contributed by atoms with Gasteiger partial charge in [0.2, 0.25) is 0 Å². The first-order valence-corrected chi connectivity index (χ1v) is 6.42. The summed E-state index contributed by atoms with van der Waals surface area (Å²) in [6.07, 6.45) is 1.13. The Hall–Kier alpha value is -2.17. The molecular formula is C14H12N2O3. The van der Waals surface area contributed by atoms with Gasteiger partial charge in [-0.25, -0.2) is 4.98 Å². The average Bonchev–Trinajstić information content (AvgIpc) is 3.11. The summed E-state index contributed by atoms with van der Waals surface area (Å²) in [6, 6.07) is 5.55. The Morgan fingerprint density at radius 2 is 2.26 bits per heavy atom. The number of ketones is 1. The van der Waals surface area contributed by atoms with Crippen molar-refractivity contribution in [3.05, 3.63) is 29.6 Å². The summed E-state index contributed by atoms with van der Waals surface area (Å²) < 4.78 is 2.04. The first-order chi connectivity index (χ1) is 9.16. The lowest BCUT2D eigenvalue weighted by Crippen LogP contribution is -2.16. The van der Waals surface area contributed by atoms with Gasteiger partial charge >= 0.3 is 5.97 Å². The van der Waals surface area contributed by atoms with E-state index in [1.807, 2.05) is 22.8 Å². The van der Waals surface area contributed by atoms with Crippen LogP contribution in [0, 0.1) is 5.92 Å². The smallest absolute Gasteiger partial charge is 0.307 e. The molecule has 19 heavy (non-hydrogen) atoms. The van der Waals surface area contributed by atoms with Crippen molar-refractivity contribution in [3.8, 4) is 0 Å². The van der Waals surface area contributed by atoms with E-state index in [0.717, 1.165) is 22.4 Å². The van der Waals surface area contributed by atoms with E-state index in [4.69, 9.17) is 5.11 Å². The van der Waals surface area contributed by atoms with Crippen molar-refractivity contribution in [1.82, 2.24) is 9.55 Å². The van der Waals surface area contributed by atoms with Crippen LogP contribution in [0.2, 0.25) is 0 Å². The van der Waals surface area contributed by atoms with E-state index in [1.54, 1.807) is 0 Å². The summed E-state index contributed by atoms with van der Waals surface area (Å²) in [6.45, 7) is 0.616. The van der Waals surface area contributed by atoms with Gasteiger partial charge in [-0.1, -0.05) is 6.07 Å². The zero-order valence-corrected chi connectivity index (χ0v) is 10.2. The fraction of sp³-hybridized carbons (Fsp3) is 0.357. The molecule has 5 nitrogen and oxygen atoms in total. The van der Waals surface area contributed by atoms with Gasteiger partial charge in [-0.3, -0.25) is 9.59 Å². The summed E-state index contributed by atoms with van der Waals surface area (Å²) >= 11 is 0. The molecule has 1 aliphatic carbocycles. The van der Waals surface area contributed by atoms with Gasteiger partial charge in [0.25, 0.3) is 0 Å². The van der Waals surface area contributed by atoms with Gasteiger partial charge in [0.05, 0.1) is 17.0 Å². The van der Waals surface area contributed by atoms with E-state index in [2.05, 4.69) is 4.98 Å². The number of Topliss-reactive ketones (excluding diaryl/α,β-unsaturated/α-hetero) is 1. The van der Waals surface area contributed by atoms with Crippen LogP contribution in [0.4, 0.5) is 0 Å². The molecule has 0 amide bonds. The third kappa shape index (κ3) is 1.38. The maximum atomic E-state index is 11.9. The lowest BCUT2D eigenvalue weighted by Gasteiger charge is -2.15. The molecule has 0 bridgehead atoms. The Balaban J connectivity index is 1.91. The minimum Gasteiger partial charge on any atom is -0.481 e. The molecule has 1 aromatic carbocycles. The normalized spacial score (nSPS) is 24.7. The second-order valence-corrected chi connectivity index (χ2v) is 5.26. The van der Waals surface area contributed by atoms with Crippen molar-refractivity contribution in [2.75, 3.05) is 0 Å². The van der Waals surface area contributed by atoms with E-state index >= 15 is 0 Å². The minimum atomic E-state index is -0.753.